The lowest BCUT2D eigenvalue weighted by atomic mass is 10.1. The van der Waals surface area contributed by atoms with Gasteiger partial charge >= 0.3 is 5.97 Å². The molecule has 0 saturated carbocycles. The van der Waals surface area contributed by atoms with Crippen molar-refractivity contribution >= 4 is 11.7 Å². The Morgan fingerprint density at radius 2 is 1.95 bits per heavy atom. The molecule has 21 heavy (non-hydrogen) atoms. The Morgan fingerprint density at radius 1 is 1.33 bits per heavy atom. The third-order valence-corrected chi connectivity index (χ3v) is 2.21. The fraction of sp³-hybridized carbons (Fsp3) is 0.267. The van der Waals surface area contributed by atoms with Gasteiger partial charge in [0.15, 0.2) is 0 Å². The number of nitriles is 2. The van der Waals surface area contributed by atoms with E-state index < -0.39 is 17.4 Å². The Labute approximate surface area is 122 Å². The van der Waals surface area contributed by atoms with Crippen LogP contribution in [0.4, 0.5) is 10.1 Å². The van der Waals surface area contributed by atoms with Crippen molar-refractivity contribution in [2.75, 3.05) is 5.32 Å². The second-order valence-electron chi connectivity index (χ2n) is 5.12. The minimum Gasteiger partial charge on any atom is -0.456 e. The summed E-state index contributed by atoms with van der Waals surface area (Å²) >= 11 is 0. The van der Waals surface area contributed by atoms with Crippen LogP contribution in [0.3, 0.4) is 0 Å². The summed E-state index contributed by atoms with van der Waals surface area (Å²) in [5.74, 6) is -1.20. The van der Waals surface area contributed by atoms with E-state index in [2.05, 4.69) is 5.32 Å². The number of hydrogen-bond donors (Lipinski definition) is 1. The molecule has 6 heteroatoms. The number of esters is 1. The van der Waals surface area contributed by atoms with Crippen LogP contribution in [-0.2, 0) is 4.74 Å². The molecular weight excluding hydrogens is 273 g/mol. The van der Waals surface area contributed by atoms with Crippen molar-refractivity contribution in [2.24, 2.45) is 0 Å². The number of nitrogens with zero attached hydrogens (tertiary/aromatic N) is 2. The number of halogens is 1. The van der Waals surface area contributed by atoms with Crippen LogP contribution in [0.25, 0.3) is 0 Å². The summed E-state index contributed by atoms with van der Waals surface area (Å²) < 4.78 is 18.8. The smallest absolute Gasteiger partial charge is 0.338 e. The van der Waals surface area contributed by atoms with Crippen molar-refractivity contribution in [3.8, 4) is 12.1 Å². The lowest BCUT2D eigenvalue weighted by Gasteiger charge is -2.19. The van der Waals surface area contributed by atoms with Crippen LogP contribution in [-0.4, -0.2) is 11.6 Å². The Morgan fingerprint density at radius 3 is 2.48 bits per heavy atom. The largest absolute Gasteiger partial charge is 0.456 e. The third-order valence-electron chi connectivity index (χ3n) is 2.21. The number of nitrogens with one attached hydrogen (secondary N) is 1. The SMILES string of the molecule is CC(C)(C)OC(=O)c1ccc(F)c(NC=C(C#N)C#N)c1. The molecule has 1 N–H and O–H groups in total. The van der Waals surface area contributed by atoms with Gasteiger partial charge in [0.1, 0.15) is 29.1 Å². The molecule has 0 atom stereocenters. The van der Waals surface area contributed by atoms with Gasteiger partial charge < -0.3 is 10.1 Å². The summed E-state index contributed by atoms with van der Waals surface area (Å²) in [7, 11) is 0. The molecule has 0 saturated heterocycles. The summed E-state index contributed by atoms with van der Waals surface area (Å²) in [6, 6.07) is 6.93. The molecule has 1 aromatic carbocycles. The topological polar surface area (TPSA) is 85.9 Å². The summed E-state index contributed by atoms with van der Waals surface area (Å²) in [5, 5.41) is 19.7. The molecule has 0 aromatic heterocycles. The molecule has 1 rings (SSSR count). The molecule has 0 fully saturated rings. The van der Waals surface area contributed by atoms with Crippen LogP contribution in [0.5, 0.6) is 0 Å². The van der Waals surface area contributed by atoms with Gasteiger partial charge in [-0.1, -0.05) is 0 Å². The number of hydrogen-bond acceptors (Lipinski definition) is 5. The van der Waals surface area contributed by atoms with Gasteiger partial charge in [0.2, 0.25) is 0 Å². The highest BCUT2D eigenvalue weighted by atomic mass is 19.1. The first kappa shape index (κ1) is 16.2. The molecule has 0 aliphatic rings. The van der Waals surface area contributed by atoms with Crippen molar-refractivity contribution in [3.05, 3.63) is 41.4 Å². The Bertz CT molecular complexity index is 645. The van der Waals surface area contributed by atoms with Crippen molar-refractivity contribution in [1.29, 1.82) is 10.5 Å². The van der Waals surface area contributed by atoms with Crippen LogP contribution in [0, 0.1) is 28.5 Å². The first-order chi connectivity index (χ1) is 9.76. The molecule has 0 amide bonds. The molecule has 5 nitrogen and oxygen atoms in total. The van der Waals surface area contributed by atoms with Crippen LogP contribution < -0.4 is 5.32 Å². The van der Waals surface area contributed by atoms with Gasteiger partial charge in [-0.3, -0.25) is 0 Å². The van der Waals surface area contributed by atoms with Crippen molar-refractivity contribution < 1.29 is 13.9 Å². The first-order valence-electron chi connectivity index (χ1n) is 6.06. The van der Waals surface area contributed by atoms with Crippen molar-refractivity contribution in [1.82, 2.24) is 0 Å². The normalized spacial score (nSPS) is 10.0. The lowest BCUT2D eigenvalue weighted by Crippen LogP contribution is -2.23. The van der Waals surface area contributed by atoms with Crippen LogP contribution in [0.1, 0.15) is 31.1 Å². The molecule has 0 radical (unpaired) electrons. The first-order valence-corrected chi connectivity index (χ1v) is 6.06. The van der Waals surface area contributed by atoms with Gasteiger partial charge in [0.05, 0.1) is 11.3 Å². The summed E-state index contributed by atoms with van der Waals surface area (Å²) in [6.45, 7) is 5.17. The van der Waals surface area contributed by atoms with Gasteiger partial charge in [-0.15, -0.1) is 0 Å². The zero-order chi connectivity index (χ0) is 16.0. The zero-order valence-corrected chi connectivity index (χ0v) is 11.9. The molecule has 0 heterocycles. The summed E-state index contributed by atoms with van der Waals surface area (Å²) in [6.07, 6.45) is 1.07. The number of benzene rings is 1. The Hall–Kier alpha value is -2.86. The molecular formula is C15H14FN3O2. The van der Waals surface area contributed by atoms with Crippen LogP contribution in [0.2, 0.25) is 0 Å². The maximum atomic E-state index is 13.6. The number of anilines is 1. The average Bonchev–Trinajstić information content (AvgIpc) is 2.39. The average molecular weight is 287 g/mol. The van der Waals surface area contributed by atoms with Gasteiger partial charge in [0.25, 0.3) is 0 Å². The lowest BCUT2D eigenvalue weighted by molar-refractivity contribution is 0.00695. The van der Waals surface area contributed by atoms with E-state index in [9.17, 15) is 9.18 Å². The van der Waals surface area contributed by atoms with E-state index in [0.29, 0.717) is 0 Å². The third kappa shape index (κ3) is 4.96. The Kier molecular flexibility index (Phi) is 5.04. The molecule has 0 unspecified atom stereocenters. The highest BCUT2D eigenvalue weighted by molar-refractivity contribution is 5.90. The summed E-state index contributed by atoms with van der Waals surface area (Å²) in [4.78, 5) is 11.9. The number of carbonyl (C=O) groups excluding carboxylic acids is 1. The minimum absolute atomic E-state index is 0.0265. The predicted molar refractivity (Wildman–Crippen MR) is 74.5 cm³/mol. The van der Waals surface area contributed by atoms with E-state index in [0.717, 1.165) is 12.3 Å². The van der Waals surface area contributed by atoms with Gasteiger partial charge in [-0.2, -0.15) is 10.5 Å². The number of allylic oxidation sites excluding steroid dienone is 1. The van der Waals surface area contributed by atoms with Crippen LogP contribution >= 0.6 is 0 Å². The maximum Gasteiger partial charge on any atom is 0.338 e. The molecule has 0 aliphatic heterocycles. The highest BCUT2D eigenvalue weighted by Gasteiger charge is 2.18. The molecule has 0 spiro atoms. The van der Waals surface area contributed by atoms with Crippen molar-refractivity contribution in [3.63, 3.8) is 0 Å². The molecule has 108 valence electrons. The highest BCUT2D eigenvalue weighted by Crippen LogP contribution is 2.19. The van der Waals surface area contributed by atoms with E-state index in [1.54, 1.807) is 32.9 Å². The number of rotatable bonds is 3. The molecule has 0 bridgehead atoms. The fourth-order valence-electron chi connectivity index (χ4n) is 1.34. The Balaban J connectivity index is 3.01. The zero-order valence-electron chi connectivity index (χ0n) is 11.9. The second-order valence-corrected chi connectivity index (χ2v) is 5.12. The number of carbonyl (C=O) groups is 1. The summed E-state index contributed by atoms with van der Waals surface area (Å²) in [5.41, 5.74) is -0.732. The van der Waals surface area contributed by atoms with Gasteiger partial charge in [0, 0.05) is 6.20 Å². The van der Waals surface area contributed by atoms with Crippen molar-refractivity contribution in [2.45, 2.75) is 26.4 Å². The van der Waals surface area contributed by atoms with E-state index in [1.807, 2.05) is 0 Å². The van der Waals surface area contributed by atoms with E-state index >= 15 is 0 Å². The second kappa shape index (κ2) is 6.53. The minimum atomic E-state index is -0.659. The van der Waals surface area contributed by atoms with Crippen LogP contribution in [0.15, 0.2) is 30.0 Å². The van der Waals surface area contributed by atoms with E-state index in [1.165, 1.54) is 12.1 Å². The van der Waals surface area contributed by atoms with E-state index in [-0.39, 0.29) is 16.8 Å². The standard InChI is InChI=1S/C15H14FN3O2/c1-15(2,3)21-14(20)11-4-5-12(16)13(6-11)19-9-10(7-17)8-18/h4-6,9,19H,1-3H3. The molecule has 0 aliphatic carbocycles. The fourth-order valence-corrected chi connectivity index (χ4v) is 1.34. The number of ether oxygens (including phenoxy) is 1. The van der Waals surface area contributed by atoms with Gasteiger partial charge in [-0.05, 0) is 39.0 Å². The molecule has 1 aromatic rings. The quantitative estimate of drug-likeness (QED) is 0.681. The van der Waals surface area contributed by atoms with E-state index in [4.69, 9.17) is 15.3 Å². The van der Waals surface area contributed by atoms with Gasteiger partial charge in [-0.25, -0.2) is 9.18 Å². The monoisotopic (exact) mass is 287 g/mol. The predicted octanol–water partition coefficient (Wildman–Crippen LogP) is 3.12. The maximum absolute atomic E-state index is 13.6.